The number of aromatic carboxylic acids is 1. The zero-order valence-electron chi connectivity index (χ0n) is 10.3. The molecule has 0 aliphatic heterocycles. The summed E-state index contributed by atoms with van der Waals surface area (Å²) in [5, 5.41) is 15.4. The zero-order valence-corrected chi connectivity index (χ0v) is 10.3. The van der Waals surface area contributed by atoms with Crippen LogP contribution in [-0.2, 0) is 13.6 Å². The summed E-state index contributed by atoms with van der Waals surface area (Å²) in [5.74, 6) is -1.19. The molecule has 6 nitrogen and oxygen atoms in total. The number of rotatable bonds is 4. The number of carbonyl (C=O) groups excluding carboxylic acids is 1. The lowest BCUT2D eigenvalue weighted by atomic mass is 10.1. The maximum Gasteiger partial charge on any atom is 0.335 e. The number of nitrogens with zero attached hydrogens (tertiary/aromatic N) is 2. The summed E-state index contributed by atoms with van der Waals surface area (Å²) in [5.41, 5.74) is 1.53. The fourth-order valence-corrected chi connectivity index (χ4v) is 1.63. The van der Waals surface area contributed by atoms with E-state index in [2.05, 4.69) is 10.4 Å². The number of aryl methyl sites for hydroxylation is 1. The van der Waals surface area contributed by atoms with Gasteiger partial charge in [-0.15, -0.1) is 0 Å². The Morgan fingerprint density at radius 3 is 2.47 bits per heavy atom. The van der Waals surface area contributed by atoms with Crippen molar-refractivity contribution in [3.8, 4) is 0 Å². The molecule has 2 N–H and O–H groups in total. The van der Waals surface area contributed by atoms with Gasteiger partial charge in [0, 0.05) is 19.8 Å². The van der Waals surface area contributed by atoms with Crippen LogP contribution in [0.25, 0.3) is 0 Å². The first-order valence-electron chi connectivity index (χ1n) is 5.66. The van der Waals surface area contributed by atoms with E-state index in [-0.39, 0.29) is 11.5 Å². The van der Waals surface area contributed by atoms with Crippen LogP contribution in [0, 0.1) is 0 Å². The van der Waals surface area contributed by atoms with Gasteiger partial charge >= 0.3 is 5.97 Å². The summed E-state index contributed by atoms with van der Waals surface area (Å²) in [6.45, 7) is 0.337. The Balaban J connectivity index is 1.97. The number of hydrogen-bond acceptors (Lipinski definition) is 3. The van der Waals surface area contributed by atoms with Crippen LogP contribution >= 0.6 is 0 Å². The second-order valence-corrected chi connectivity index (χ2v) is 4.02. The number of carboxylic acids is 1. The summed E-state index contributed by atoms with van der Waals surface area (Å²) >= 11 is 0. The van der Waals surface area contributed by atoms with Gasteiger partial charge in [-0.05, 0) is 23.8 Å². The van der Waals surface area contributed by atoms with E-state index in [0.29, 0.717) is 12.2 Å². The van der Waals surface area contributed by atoms with Crippen LogP contribution in [0.4, 0.5) is 0 Å². The predicted molar refractivity (Wildman–Crippen MR) is 67.8 cm³/mol. The number of nitrogens with one attached hydrogen (secondary N) is 1. The quantitative estimate of drug-likeness (QED) is 0.859. The summed E-state index contributed by atoms with van der Waals surface area (Å²) in [4.78, 5) is 22.5. The molecule has 0 aliphatic carbocycles. The lowest BCUT2D eigenvalue weighted by Gasteiger charge is -2.05. The lowest BCUT2D eigenvalue weighted by Crippen LogP contribution is -2.25. The van der Waals surface area contributed by atoms with E-state index in [4.69, 9.17) is 5.11 Å². The van der Waals surface area contributed by atoms with E-state index in [0.717, 1.165) is 5.56 Å². The van der Waals surface area contributed by atoms with E-state index in [1.807, 2.05) is 0 Å². The maximum absolute atomic E-state index is 11.8. The minimum absolute atomic E-state index is 0.220. The minimum Gasteiger partial charge on any atom is -0.478 e. The third kappa shape index (κ3) is 2.98. The van der Waals surface area contributed by atoms with Gasteiger partial charge in [0.05, 0.1) is 5.56 Å². The molecule has 1 aromatic heterocycles. The second-order valence-electron chi connectivity index (χ2n) is 4.02. The molecular weight excluding hydrogens is 246 g/mol. The SMILES string of the molecule is Cn1nccc1C(=O)NCc1ccc(C(=O)O)cc1. The Hall–Kier alpha value is -2.63. The van der Waals surface area contributed by atoms with Crippen LogP contribution in [0.5, 0.6) is 0 Å². The molecule has 0 aliphatic rings. The highest BCUT2D eigenvalue weighted by Crippen LogP contribution is 2.05. The number of aromatic nitrogens is 2. The Morgan fingerprint density at radius 1 is 1.26 bits per heavy atom. The first-order chi connectivity index (χ1) is 9.08. The van der Waals surface area contributed by atoms with Gasteiger partial charge in [0.25, 0.3) is 5.91 Å². The van der Waals surface area contributed by atoms with Crippen molar-refractivity contribution in [1.82, 2.24) is 15.1 Å². The monoisotopic (exact) mass is 259 g/mol. The van der Waals surface area contributed by atoms with E-state index in [1.165, 1.54) is 16.8 Å². The van der Waals surface area contributed by atoms with Crippen LogP contribution < -0.4 is 5.32 Å². The molecule has 1 amide bonds. The van der Waals surface area contributed by atoms with Crippen molar-refractivity contribution in [2.75, 3.05) is 0 Å². The highest BCUT2D eigenvalue weighted by atomic mass is 16.4. The molecule has 0 atom stereocenters. The van der Waals surface area contributed by atoms with Gasteiger partial charge in [0.15, 0.2) is 0 Å². The fourth-order valence-electron chi connectivity index (χ4n) is 1.63. The van der Waals surface area contributed by atoms with E-state index in [1.54, 1.807) is 31.4 Å². The number of benzene rings is 1. The molecule has 0 spiro atoms. The number of hydrogen-bond donors (Lipinski definition) is 2. The number of amides is 1. The molecule has 0 bridgehead atoms. The maximum atomic E-state index is 11.8. The first-order valence-corrected chi connectivity index (χ1v) is 5.66. The Morgan fingerprint density at radius 2 is 1.95 bits per heavy atom. The summed E-state index contributed by atoms with van der Waals surface area (Å²) in [6, 6.07) is 7.99. The molecule has 0 saturated heterocycles. The number of carboxylic acid groups (broad SMARTS) is 1. The smallest absolute Gasteiger partial charge is 0.335 e. The van der Waals surface area contributed by atoms with E-state index < -0.39 is 5.97 Å². The Labute approximate surface area is 109 Å². The number of carbonyl (C=O) groups is 2. The zero-order chi connectivity index (χ0) is 13.8. The van der Waals surface area contributed by atoms with E-state index in [9.17, 15) is 9.59 Å². The van der Waals surface area contributed by atoms with Crippen molar-refractivity contribution in [3.05, 3.63) is 53.3 Å². The van der Waals surface area contributed by atoms with Crippen LogP contribution in [0.15, 0.2) is 36.5 Å². The minimum atomic E-state index is -0.967. The molecule has 1 heterocycles. The van der Waals surface area contributed by atoms with Gasteiger partial charge in [-0.2, -0.15) is 5.10 Å². The lowest BCUT2D eigenvalue weighted by molar-refractivity contribution is 0.0696. The predicted octanol–water partition coefficient (Wildman–Crippen LogP) is 1.05. The average molecular weight is 259 g/mol. The molecule has 98 valence electrons. The average Bonchev–Trinajstić information content (AvgIpc) is 2.83. The van der Waals surface area contributed by atoms with Crippen molar-refractivity contribution in [3.63, 3.8) is 0 Å². The molecule has 6 heteroatoms. The van der Waals surface area contributed by atoms with Crippen molar-refractivity contribution in [1.29, 1.82) is 0 Å². The summed E-state index contributed by atoms with van der Waals surface area (Å²) in [7, 11) is 1.69. The normalized spacial score (nSPS) is 10.2. The molecule has 0 radical (unpaired) electrons. The fraction of sp³-hybridized carbons (Fsp3) is 0.154. The molecule has 2 rings (SSSR count). The standard InChI is InChI=1S/C13H13N3O3/c1-16-11(6-7-15-16)12(17)14-8-9-2-4-10(5-3-9)13(18)19/h2-7H,8H2,1H3,(H,14,17)(H,18,19). The van der Waals surface area contributed by atoms with Crippen LogP contribution in [0.2, 0.25) is 0 Å². The van der Waals surface area contributed by atoms with Gasteiger partial charge in [-0.3, -0.25) is 9.48 Å². The summed E-state index contributed by atoms with van der Waals surface area (Å²) in [6.07, 6.45) is 1.55. The van der Waals surface area contributed by atoms with Gasteiger partial charge in [-0.25, -0.2) is 4.79 Å². The van der Waals surface area contributed by atoms with E-state index >= 15 is 0 Å². The third-order valence-electron chi connectivity index (χ3n) is 2.71. The largest absolute Gasteiger partial charge is 0.478 e. The molecular formula is C13H13N3O3. The van der Waals surface area contributed by atoms with Crippen molar-refractivity contribution in [2.45, 2.75) is 6.54 Å². The molecule has 0 unspecified atom stereocenters. The van der Waals surface area contributed by atoms with Gasteiger partial charge in [0.1, 0.15) is 5.69 Å². The van der Waals surface area contributed by atoms with Crippen LogP contribution in [0.1, 0.15) is 26.4 Å². The Kier molecular flexibility index (Phi) is 3.61. The summed E-state index contributed by atoms with van der Waals surface area (Å²) < 4.78 is 1.49. The first kappa shape index (κ1) is 12.8. The second kappa shape index (κ2) is 5.34. The molecule has 0 fully saturated rings. The van der Waals surface area contributed by atoms with Gasteiger partial charge in [0.2, 0.25) is 0 Å². The van der Waals surface area contributed by atoms with Gasteiger partial charge < -0.3 is 10.4 Å². The Bertz CT molecular complexity index is 602. The van der Waals surface area contributed by atoms with Crippen LogP contribution in [-0.4, -0.2) is 26.8 Å². The topological polar surface area (TPSA) is 84.2 Å². The molecule has 2 aromatic rings. The van der Waals surface area contributed by atoms with Gasteiger partial charge in [-0.1, -0.05) is 12.1 Å². The highest BCUT2D eigenvalue weighted by Gasteiger charge is 2.09. The highest BCUT2D eigenvalue weighted by molar-refractivity contribution is 5.92. The molecule has 0 saturated carbocycles. The van der Waals surface area contributed by atoms with Crippen molar-refractivity contribution < 1.29 is 14.7 Å². The van der Waals surface area contributed by atoms with Crippen molar-refractivity contribution >= 4 is 11.9 Å². The van der Waals surface area contributed by atoms with Crippen molar-refractivity contribution in [2.24, 2.45) is 7.05 Å². The van der Waals surface area contributed by atoms with Crippen LogP contribution in [0.3, 0.4) is 0 Å². The third-order valence-corrected chi connectivity index (χ3v) is 2.71. The molecule has 1 aromatic carbocycles. The molecule has 19 heavy (non-hydrogen) atoms.